The van der Waals surface area contributed by atoms with Crippen LogP contribution < -0.4 is 5.69 Å². The van der Waals surface area contributed by atoms with Gasteiger partial charge in [-0.15, -0.1) is 0 Å². The van der Waals surface area contributed by atoms with Gasteiger partial charge >= 0.3 is 11.7 Å². The van der Waals surface area contributed by atoms with Crippen molar-refractivity contribution in [1.29, 1.82) is 0 Å². The first-order valence-electron chi connectivity index (χ1n) is 8.53. The Bertz CT molecular complexity index is 791. The van der Waals surface area contributed by atoms with Crippen molar-refractivity contribution in [2.45, 2.75) is 32.2 Å². The number of hydrogen-bond acceptors (Lipinski definition) is 4. The summed E-state index contributed by atoms with van der Waals surface area (Å²) in [4.78, 5) is 31.1. The molecule has 0 unspecified atom stereocenters. The molecule has 3 rings (SSSR count). The fraction of sp³-hybridized carbons (Fsp3) is 0.444. The van der Waals surface area contributed by atoms with Crippen molar-refractivity contribution >= 4 is 21.9 Å². The number of nitrogens with one attached hydrogen (secondary N) is 2. The maximum absolute atomic E-state index is 12.0. The number of imidazole rings is 1. The van der Waals surface area contributed by atoms with E-state index in [4.69, 9.17) is 4.74 Å². The van der Waals surface area contributed by atoms with Gasteiger partial charge in [0.15, 0.2) is 0 Å². The number of piperidine rings is 1. The second kappa shape index (κ2) is 8.01. The predicted octanol–water partition coefficient (Wildman–Crippen LogP) is 3.02. The Morgan fingerprint density at radius 3 is 2.68 bits per heavy atom. The monoisotopic (exact) mass is 407 g/mol. The first kappa shape index (κ1) is 17.9. The summed E-state index contributed by atoms with van der Waals surface area (Å²) < 4.78 is 6.17. The largest absolute Gasteiger partial charge is 0.461 e. The van der Waals surface area contributed by atoms with E-state index in [1.54, 1.807) is 6.92 Å². The minimum Gasteiger partial charge on any atom is -0.461 e. The lowest BCUT2D eigenvalue weighted by molar-refractivity contribution is 0.0517. The first-order chi connectivity index (χ1) is 12.1. The zero-order valence-corrected chi connectivity index (χ0v) is 15.8. The predicted molar refractivity (Wildman–Crippen MR) is 98.8 cm³/mol. The van der Waals surface area contributed by atoms with Crippen LogP contribution in [0.1, 0.15) is 47.4 Å². The van der Waals surface area contributed by atoms with E-state index in [2.05, 4.69) is 49.0 Å². The van der Waals surface area contributed by atoms with Gasteiger partial charge in [-0.3, -0.25) is 9.88 Å². The fourth-order valence-corrected chi connectivity index (χ4v) is 3.96. The quantitative estimate of drug-likeness (QED) is 0.746. The molecule has 0 atom stereocenters. The molecule has 2 N–H and O–H groups in total. The molecule has 0 bridgehead atoms. The van der Waals surface area contributed by atoms with E-state index in [0.29, 0.717) is 18.2 Å². The Morgan fingerprint density at radius 1 is 1.28 bits per heavy atom. The van der Waals surface area contributed by atoms with Gasteiger partial charge in [0.05, 0.1) is 12.3 Å². The summed E-state index contributed by atoms with van der Waals surface area (Å²) in [6, 6.07) is 8.36. The minimum absolute atomic E-state index is 0.236. The van der Waals surface area contributed by atoms with Crippen LogP contribution >= 0.6 is 15.9 Å². The Kier molecular flexibility index (Phi) is 5.75. The molecule has 1 fully saturated rings. The van der Waals surface area contributed by atoms with E-state index in [9.17, 15) is 9.59 Å². The third-order valence-electron chi connectivity index (χ3n) is 4.60. The summed E-state index contributed by atoms with van der Waals surface area (Å²) in [5, 5.41) is 0. The van der Waals surface area contributed by atoms with Crippen molar-refractivity contribution in [2.24, 2.45) is 0 Å². The third kappa shape index (κ3) is 4.22. The molecular formula is C18H22BrN3O3. The highest BCUT2D eigenvalue weighted by Crippen LogP contribution is 2.33. The van der Waals surface area contributed by atoms with Crippen LogP contribution in [0.25, 0.3) is 0 Å². The van der Waals surface area contributed by atoms with E-state index < -0.39 is 5.97 Å². The molecule has 6 nitrogen and oxygen atoms in total. The van der Waals surface area contributed by atoms with Gasteiger partial charge in [0.1, 0.15) is 5.69 Å². The van der Waals surface area contributed by atoms with Gasteiger partial charge in [0.2, 0.25) is 0 Å². The van der Waals surface area contributed by atoms with Crippen LogP contribution in [0.15, 0.2) is 33.5 Å². The Labute approximate surface area is 154 Å². The zero-order chi connectivity index (χ0) is 17.8. The number of aromatic amines is 2. The van der Waals surface area contributed by atoms with E-state index in [0.717, 1.165) is 30.4 Å². The number of rotatable bonds is 5. The molecule has 1 aromatic heterocycles. The van der Waals surface area contributed by atoms with Gasteiger partial charge in [0, 0.05) is 11.0 Å². The highest BCUT2D eigenvalue weighted by molar-refractivity contribution is 9.10. The second-order valence-electron chi connectivity index (χ2n) is 6.23. The van der Waals surface area contributed by atoms with E-state index >= 15 is 0 Å². The molecule has 1 aliphatic heterocycles. The van der Waals surface area contributed by atoms with Gasteiger partial charge < -0.3 is 9.72 Å². The Morgan fingerprint density at radius 2 is 2.00 bits per heavy atom. The van der Waals surface area contributed by atoms with Crippen LogP contribution in [0.2, 0.25) is 0 Å². The van der Waals surface area contributed by atoms with Gasteiger partial charge in [0.25, 0.3) is 0 Å². The molecule has 2 heterocycles. The average molecular weight is 408 g/mol. The smallest absolute Gasteiger partial charge is 0.356 e. The first-order valence-corrected chi connectivity index (χ1v) is 9.32. The van der Waals surface area contributed by atoms with Crippen LogP contribution in [0.5, 0.6) is 0 Å². The molecule has 2 aromatic rings. The summed E-state index contributed by atoms with van der Waals surface area (Å²) >= 11 is 3.63. The van der Waals surface area contributed by atoms with Crippen molar-refractivity contribution in [3.8, 4) is 0 Å². The van der Waals surface area contributed by atoms with Crippen LogP contribution in [-0.4, -0.2) is 40.5 Å². The normalized spacial score (nSPS) is 16.1. The summed E-state index contributed by atoms with van der Waals surface area (Å²) in [6.07, 6.45) is 2.10. The SMILES string of the molecule is CCOC(=O)c1[nH]c(=O)[nH]c1CN1CCC(c2ccccc2Br)CC1. The van der Waals surface area contributed by atoms with E-state index in [1.165, 1.54) is 5.56 Å². The van der Waals surface area contributed by atoms with Crippen molar-refractivity contribution in [3.05, 3.63) is 56.2 Å². The maximum atomic E-state index is 12.0. The lowest BCUT2D eigenvalue weighted by atomic mass is 9.89. The fourth-order valence-electron chi connectivity index (χ4n) is 3.35. The lowest BCUT2D eigenvalue weighted by Gasteiger charge is -2.32. The van der Waals surface area contributed by atoms with Crippen LogP contribution in [0.4, 0.5) is 0 Å². The molecular weight excluding hydrogens is 386 g/mol. The number of carbonyl (C=O) groups is 1. The molecule has 0 aliphatic carbocycles. The zero-order valence-electron chi connectivity index (χ0n) is 14.2. The maximum Gasteiger partial charge on any atom is 0.356 e. The Hall–Kier alpha value is -1.86. The van der Waals surface area contributed by atoms with Gasteiger partial charge in [-0.05, 0) is 50.4 Å². The lowest BCUT2D eigenvalue weighted by Crippen LogP contribution is -2.33. The van der Waals surface area contributed by atoms with Crippen LogP contribution in [0, 0.1) is 0 Å². The summed E-state index contributed by atoms with van der Waals surface area (Å²) in [6.45, 7) is 4.40. The summed E-state index contributed by atoms with van der Waals surface area (Å²) in [5.74, 6) is 0.0422. The number of halogens is 1. The number of H-pyrrole nitrogens is 2. The molecule has 25 heavy (non-hydrogen) atoms. The molecule has 0 spiro atoms. The molecule has 0 saturated carbocycles. The Balaban J connectivity index is 1.64. The number of benzene rings is 1. The van der Waals surface area contributed by atoms with Crippen molar-refractivity contribution < 1.29 is 9.53 Å². The molecule has 0 radical (unpaired) electrons. The summed E-state index contributed by atoms with van der Waals surface area (Å²) in [7, 11) is 0. The van der Waals surface area contributed by atoms with Crippen molar-refractivity contribution in [1.82, 2.24) is 14.9 Å². The number of aromatic nitrogens is 2. The van der Waals surface area contributed by atoms with Crippen molar-refractivity contribution in [2.75, 3.05) is 19.7 Å². The third-order valence-corrected chi connectivity index (χ3v) is 5.32. The molecule has 0 amide bonds. The van der Waals surface area contributed by atoms with Gasteiger partial charge in [-0.1, -0.05) is 34.1 Å². The topological polar surface area (TPSA) is 78.2 Å². The van der Waals surface area contributed by atoms with Crippen LogP contribution in [0.3, 0.4) is 0 Å². The number of hydrogen-bond donors (Lipinski definition) is 2. The summed E-state index contributed by atoms with van der Waals surface area (Å²) in [5.41, 5.74) is 1.81. The second-order valence-corrected chi connectivity index (χ2v) is 7.08. The van der Waals surface area contributed by atoms with E-state index in [-0.39, 0.29) is 18.0 Å². The van der Waals surface area contributed by atoms with Gasteiger partial charge in [-0.25, -0.2) is 9.59 Å². The van der Waals surface area contributed by atoms with Gasteiger partial charge in [-0.2, -0.15) is 0 Å². The molecule has 1 aromatic carbocycles. The molecule has 1 saturated heterocycles. The average Bonchev–Trinajstić information content (AvgIpc) is 2.97. The van der Waals surface area contributed by atoms with E-state index in [1.807, 2.05) is 6.07 Å². The highest BCUT2D eigenvalue weighted by atomic mass is 79.9. The molecule has 7 heteroatoms. The minimum atomic E-state index is -0.487. The standard InChI is InChI=1S/C18H22BrN3O3/c1-2-25-17(23)16-15(20-18(24)21-16)11-22-9-7-12(8-10-22)13-5-3-4-6-14(13)19/h3-6,12H,2,7-11H2,1H3,(H2,20,21,24). The number of nitrogens with zero attached hydrogens (tertiary/aromatic N) is 1. The highest BCUT2D eigenvalue weighted by Gasteiger charge is 2.24. The number of carbonyl (C=O) groups excluding carboxylic acids is 1. The molecule has 1 aliphatic rings. The number of ether oxygens (including phenoxy) is 1. The number of esters is 1. The number of likely N-dealkylation sites (tertiary alicyclic amines) is 1. The van der Waals surface area contributed by atoms with Crippen molar-refractivity contribution in [3.63, 3.8) is 0 Å². The van der Waals surface area contributed by atoms with Crippen LogP contribution in [-0.2, 0) is 11.3 Å². The molecule has 134 valence electrons.